The zero-order valence-corrected chi connectivity index (χ0v) is 17.8. The standard InChI is InChI=1S/C19H25N3OS.HI/c1-20-19(21-11-12-24-2)22-14-17-9-6-10-18(13-17)23-15-16-7-4-3-5-8-16;/h3-10,13H,11-12,14-15H2,1-2H3,(H2,20,21,22);1H. The summed E-state index contributed by atoms with van der Waals surface area (Å²) in [4.78, 5) is 4.23. The Morgan fingerprint density at radius 1 is 1.04 bits per heavy atom. The maximum absolute atomic E-state index is 5.87. The van der Waals surface area contributed by atoms with E-state index < -0.39 is 0 Å². The fourth-order valence-corrected chi connectivity index (χ4v) is 2.47. The molecule has 0 atom stereocenters. The van der Waals surface area contributed by atoms with E-state index in [2.05, 4.69) is 46.1 Å². The van der Waals surface area contributed by atoms with E-state index >= 15 is 0 Å². The molecule has 0 saturated heterocycles. The molecule has 0 spiro atoms. The molecule has 4 nitrogen and oxygen atoms in total. The van der Waals surface area contributed by atoms with Gasteiger partial charge in [0.25, 0.3) is 0 Å². The first-order chi connectivity index (χ1) is 11.8. The Kier molecular flexibility index (Phi) is 11.1. The van der Waals surface area contributed by atoms with Gasteiger partial charge in [0.1, 0.15) is 12.4 Å². The zero-order valence-electron chi connectivity index (χ0n) is 14.7. The van der Waals surface area contributed by atoms with Crippen LogP contribution in [0, 0.1) is 0 Å². The molecule has 0 fully saturated rings. The largest absolute Gasteiger partial charge is 0.489 e. The third-order valence-electron chi connectivity index (χ3n) is 3.43. The van der Waals surface area contributed by atoms with Crippen LogP contribution in [-0.4, -0.2) is 31.6 Å². The summed E-state index contributed by atoms with van der Waals surface area (Å²) in [5, 5.41) is 6.61. The molecule has 0 aliphatic heterocycles. The molecular weight excluding hydrogens is 445 g/mol. The second kappa shape index (κ2) is 12.9. The van der Waals surface area contributed by atoms with Gasteiger partial charge < -0.3 is 15.4 Å². The fraction of sp³-hybridized carbons (Fsp3) is 0.316. The van der Waals surface area contributed by atoms with E-state index in [1.54, 1.807) is 7.05 Å². The predicted molar refractivity (Wildman–Crippen MR) is 119 cm³/mol. The average molecular weight is 471 g/mol. The summed E-state index contributed by atoms with van der Waals surface area (Å²) in [7, 11) is 1.79. The normalized spacial score (nSPS) is 10.7. The van der Waals surface area contributed by atoms with Crippen LogP contribution >= 0.6 is 35.7 Å². The van der Waals surface area contributed by atoms with Gasteiger partial charge in [-0.3, -0.25) is 4.99 Å². The second-order valence-corrected chi connectivity index (χ2v) is 6.25. The van der Waals surface area contributed by atoms with E-state index in [-0.39, 0.29) is 24.0 Å². The molecule has 6 heteroatoms. The number of nitrogens with zero attached hydrogens (tertiary/aromatic N) is 1. The summed E-state index contributed by atoms with van der Waals surface area (Å²) < 4.78 is 5.87. The number of hydrogen-bond donors (Lipinski definition) is 2. The van der Waals surface area contributed by atoms with Gasteiger partial charge in [-0.2, -0.15) is 11.8 Å². The van der Waals surface area contributed by atoms with Gasteiger partial charge in [-0.1, -0.05) is 42.5 Å². The van der Waals surface area contributed by atoms with Crippen molar-refractivity contribution < 1.29 is 4.74 Å². The van der Waals surface area contributed by atoms with E-state index in [0.29, 0.717) is 13.2 Å². The van der Waals surface area contributed by atoms with Crippen LogP contribution in [0.25, 0.3) is 0 Å². The fourth-order valence-electron chi connectivity index (χ4n) is 2.16. The molecule has 0 aliphatic carbocycles. The summed E-state index contributed by atoms with van der Waals surface area (Å²) in [5.74, 6) is 2.76. The van der Waals surface area contributed by atoms with Crippen molar-refractivity contribution in [1.29, 1.82) is 0 Å². The molecule has 2 aromatic rings. The predicted octanol–water partition coefficient (Wildman–Crippen LogP) is 3.91. The van der Waals surface area contributed by atoms with Crippen molar-refractivity contribution in [2.45, 2.75) is 13.2 Å². The number of ether oxygens (including phenoxy) is 1. The van der Waals surface area contributed by atoms with E-state index in [4.69, 9.17) is 4.74 Å². The van der Waals surface area contributed by atoms with Crippen LogP contribution in [0.4, 0.5) is 0 Å². The quantitative estimate of drug-likeness (QED) is 0.265. The summed E-state index contributed by atoms with van der Waals surface area (Å²) in [5.41, 5.74) is 2.33. The van der Waals surface area contributed by atoms with Crippen LogP contribution in [0.3, 0.4) is 0 Å². The maximum atomic E-state index is 5.87. The average Bonchev–Trinajstić information content (AvgIpc) is 2.64. The molecule has 0 saturated carbocycles. The second-order valence-electron chi connectivity index (χ2n) is 5.27. The van der Waals surface area contributed by atoms with E-state index in [0.717, 1.165) is 29.6 Å². The van der Waals surface area contributed by atoms with Crippen molar-refractivity contribution in [3.8, 4) is 5.75 Å². The summed E-state index contributed by atoms with van der Waals surface area (Å²) in [6.07, 6.45) is 2.10. The SMILES string of the molecule is CN=C(NCCSC)NCc1cccc(OCc2ccccc2)c1.I. The highest BCUT2D eigenvalue weighted by molar-refractivity contribution is 14.0. The number of benzene rings is 2. The first-order valence-corrected chi connectivity index (χ1v) is 9.40. The lowest BCUT2D eigenvalue weighted by Crippen LogP contribution is -2.37. The number of nitrogens with one attached hydrogen (secondary N) is 2. The molecule has 0 heterocycles. The van der Waals surface area contributed by atoms with Crippen LogP contribution in [0.15, 0.2) is 59.6 Å². The molecule has 0 radical (unpaired) electrons. The van der Waals surface area contributed by atoms with Crippen LogP contribution in [0.1, 0.15) is 11.1 Å². The number of thioether (sulfide) groups is 1. The Labute approximate surface area is 171 Å². The first kappa shape index (κ1) is 21.6. The van der Waals surface area contributed by atoms with Crippen LogP contribution in [0.2, 0.25) is 0 Å². The molecule has 0 bridgehead atoms. The lowest BCUT2D eigenvalue weighted by atomic mass is 10.2. The Morgan fingerprint density at radius 2 is 1.80 bits per heavy atom. The molecule has 0 aromatic heterocycles. The molecule has 0 unspecified atom stereocenters. The van der Waals surface area contributed by atoms with Gasteiger partial charge in [-0.15, -0.1) is 24.0 Å². The Hall–Kier alpha value is -1.41. The Bertz CT molecular complexity index is 638. The summed E-state index contributed by atoms with van der Waals surface area (Å²) >= 11 is 1.81. The van der Waals surface area contributed by atoms with Crippen LogP contribution in [0.5, 0.6) is 5.75 Å². The zero-order chi connectivity index (χ0) is 17.0. The molecular formula is C19H26IN3OS. The highest BCUT2D eigenvalue weighted by atomic mass is 127. The smallest absolute Gasteiger partial charge is 0.191 e. The van der Waals surface area contributed by atoms with Gasteiger partial charge >= 0.3 is 0 Å². The lowest BCUT2D eigenvalue weighted by molar-refractivity contribution is 0.306. The summed E-state index contributed by atoms with van der Waals surface area (Å²) in [6, 6.07) is 18.3. The van der Waals surface area contributed by atoms with Crippen molar-refractivity contribution in [2.75, 3.05) is 25.6 Å². The third-order valence-corrected chi connectivity index (χ3v) is 4.04. The van der Waals surface area contributed by atoms with Gasteiger partial charge in [0, 0.05) is 25.9 Å². The van der Waals surface area contributed by atoms with Gasteiger partial charge in [-0.05, 0) is 29.5 Å². The highest BCUT2D eigenvalue weighted by Crippen LogP contribution is 2.15. The van der Waals surface area contributed by atoms with Crippen molar-refractivity contribution in [3.05, 3.63) is 65.7 Å². The number of hydrogen-bond acceptors (Lipinski definition) is 3. The monoisotopic (exact) mass is 471 g/mol. The van der Waals surface area contributed by atoms with Gasteiger partial charge in [0.15, 0.2) is 5.96 Å². The molecule has 25 heavy (non-hydrogen) atoms. The van der Waals surface area contributed by atoms with E-state index in [1.807, 2.05) is 42.1 Å². The van der Waals surface area contributed by atoms with Crippen LogP contribution < -0.4 is 15.4 Å². The minimum Gasteiger partial charge on any atom is -0.489 e. The number of aliphatic imine (C=N–C) groups is 1. The molecule has 136 valence electrons. The number of halogens is 1. The van der Waals surface area contributed by atoms with Crippen molar-refractivity contribution >= 4 is 41.7 Å². The van der Waals surface area contributed by atoms with Crippen molar-refractivity contribution in [3.63, 3.8) is 0 Å². The highest BCUT2D eigenvalue weighted by Gasteiger charge is 2.01. The minimum absolute atomic E-state index is 0. The lowest BCUT2D eigenvalue weighted by Gasteiger charge is -2.12. The summed E-state index contributed by atoms with van der Waals surface area (Å²) in [6.45, 7) is 2.19. The van der Waals surface area contributed by atoms with Gasteiger partial charge in [-0.25, -0.2) is 0 Å². The van der Waals surface area contributed by atoms with Crippen LogP contribution in [-0.2, 0) is 13.2 Å². The number of rotatable bonds is 8. The van der Waals surface area contributed by atoms with Gasteiger partial charge in [0.2, 0.25) is 0 Å². The van der Waals surface area contributed by atoms with Crippen molar-refractivity contribution in [1.82, 2.24) is 10.6 Å². The van der Waals surface area contributed by atoms with Gasteiger partial charge in [0.05, 0.1) is 0 Å². The molecule has 0 aliphatic rings. The van der Waals surface area contributed by atoms with E-state index in [9.17, 15) is 0 Å². The van der Waals surface area contributed by atoms with E-state index in [1.165, 1.54) is 5.56 Å². The Morgan fingerprint density at radius 3 is 2.52 bits per heavy atom. The topological polar surface area (TPSA) is 45.7 Å². The Balaban J connectivity index is 0.00000312. The first-order valence-electron chi connectivity index (χ1n) is 8.01. The molecule has 0 amide bonds. The third kappa shape index (κ3) is 8.49. The molecule has 2 aromatic carbocycles. The molecule has 2 rings (SSSR count). The maximum Gasteiger partial charge on any atom is 0.191 e. The molecule has 2 N–H and O–H groups in total. The van der Waals surface area contributed by atoms with Crippen molar-refractivity contribution in [2.24, 2.45) is 4.99 Å². The minimum atomic E-state index is 0. The number of guanidine groups is 1.